The number of ketones is 1. The molecule has 7 heteroatoms. The summed E-state index contributed by atoms with van der Waals surface area (Å²) >= 11 is 3.40. The molecule has 27 heavy (non-hydrogen) atoms. The number of carbonyl (C=O) groups is 1. The number of benzene rings is 2. The second-order valence-electron chi connectivity index (χ2n) is 5.72. The number of allylic oxidation sites excluding steroid dienone is 1. The second-order valence-corrected chi connectivity index (χ2v) is 6.64. The van der Waals surface area contributed by atoms with Crippen LogP contribution in [0.2, 0.25) is 0 Å². The van der Waals surface area contributed by atoms with Gasteiger partial charge in [-0.25, -0.2) is 4.68 Å². The van der Waals surface area contributed by atoms with Gasteiger partial charge in [-0.3, -0.25) is 4.79 Å². The molecule has 0 radical (unpaired) electrons. The molecule has 0 aliphatic heterocycles. The third-order valence-electron chi connectivity index (χ3n) is 4.03. The lowest BCUT2D eigenvalue weighted by atomic mass is 10.1. The normalized spacial score (nSPS) is 11.0. The number of ether oxygens (including phenoxy) is 2. The minimum absolute atomic E-state index is 0.217. The molecule has 0 aliphatic carbocycles. The summed E-state index contributed by atoms with van der Waals surface area (Å²) in [6.07, 6.45) is 3.19. The number of rotatable bonds is 6. The van der Waals surface area contributed by atoms with Gasteiger partial charge in [-0.1, -0.05) is 33.3 Å². The van der Waals surface area contributed by atoms with Gasteiger partial charge in [-0.05, 0) is 55.0 Å². The summed E-state index contributed by atoms with van der Waals surface area (Å²) in [5.74, 6) is 1.02. The topological polar surface area (TPSA) is 66.2 Å². The molecule has 2 aromatic carbocycles. The molecule has 0 bridgehead atoms. The molecule has 0 unspecified atom stereocenters. The molecule has 0 saturated heterocycles. The van der Waals surface area contributed by atoms with Crippen LogP contribution < -0.4 is 9.47 Å². The fraction of sp³-hybridized carbons (Fsp3) is 0.150. The smallest absolute Gasteiger partial charge is 0.208 e. The maximum absolute atomic E-state index is 12.5. The highest BCUT2D eigenvalue weighted by atomic mass is 79.9. The van der Waals surface area contributed by atoms with E-state index in [2.05, 4.69) is 26.2 Å². The van der Waals surface area contributed by atoms with Crippen molar-refractivity contribution in [2.45, 2.75) is 6.92 Å². The summed E-state index contributed by atoms with van der Waals surface area (Å²) in [4.78, 5) is 12.5. The van der Waals surface area contributed by atoms with Gasteiger partial charge < -0.3 is 9.47 Å². The Labute approximate surface area is 165 Å². The molecule has 1 aromatic heterocycles. The van der Waals surface area contributed by atoms with E-state index in [0.717, 1.165) is 15.7 Å². The molecule has 138 valence electrons. The third kappa shape index (κ3) is 4.09. The fourth-order valence-electron chi connectivity index (χ4n) is 2.59. The van der Waals surface area contributed by atoms with Crippen LogP contribution in [-0.2, 0) is 0 Å². The number of hydrogen-bond donors (Lipinski definition) is 0. The molecule has 3 aromatic rings. The summed E-state index contributed by atoms with van der Waals surface area (Å²) in [5, 5.41) is 8.15. The molecular formula is C20H18BrN3O3. The number of aromatic nitrogens is 3. The van der Waals surface area contributed by atoms with Crippen LogP contribution in [-0.4, -0.2) is 35.0 Å². The third-order valence-corrected chi connectivity index (χ3v) is 4.56. The van der Waals surface area contributed by atoms with Crippen molar-refractivity contribution < 1.29 is 14.3 Å². The van der Waals surface area contributed by atoms with Crippen LogP contribution in [0.5, 0.6) is 11.5 Å². The van der Waals surface area contributed by atoms with Gasteiger partial charge in [0.2, 0.25) is 5.78 Å². The first-order valence-corrected chi connectivity index (χ1v) is 8.95. The zero-order valence-corrected chi connectivity index (χ0v) is 16.7. The zero-order valence-electron chi connectivity index (χ0n) is 15.1. The highest BCUT2D eigenvalue weighted by molar-refractivity contribution is 9.10. The van der Waals surface area contributed by atoms with Crippen LogP contribution in [0.1, 0.15) is 21.7 Å². The summed E-state index contributed by atoms with van der Waals surface area (Å²) in [5.41, 5.74) is 2.65. The predicted molar refractivity (Wildman–Crippen MR) is 107 cm³/mol. The first-order valence-electron chi connectivity index (χ1n) is 8.16. The van der Waals surface area contributed by atoms with E-state index in [4.69, 9.17) is 9.47 Å². The van der Waals surface area contributed by atoms with Gasteiger partial charge in [-0.15, -0.1) is 5.10 Å². The number of carbonyl (C=O) groups excluding carboxylic acids is 1. The van der Waals surface area contributed by atoms with E-state index in [1.54, 1.807) is 37.1 Å². The number of hydrogen-bond acceptors (Lipinski definition) is 5. The average molecular weight is 428 g/mol. The number of methoxy groups -OCH3 is 2. The molecule has 6 nitrogen and oxygen atoms in total. The van der Waals surface area contributed by atoms with E-state index in [1.807, 2.05) is 37.3 Å². The Morgan fingerprint density at radius 2 is 1.78 bits per heavy atom. The molecule has 1 heterocycles. The van der Waals surface area contributed by atoms with Crippen molar-refractivity contribution in [1.29, 1.82) is 0 Å². The maximum Gasteiger partial charge on any atom is 0.208 e. The predicted octanol–water partition coefficient (Wildman–Crippen LogP) is 4.25. The summed E-state index contributed by atoms with van der Waals surface area (Å²) < 4.78 is 13.1. The van der Waals surface area contributed by atoms with Crippen molar-refractivity contribution in [1.82, 2.24) is 15.0 Å². The SMILES string of the molecule is COc1ccc(/C=C/C(=O)c2nnn(-c3ccc(Br)cc3)c2C)cc1OC. The fourth-order valence-corrected chi connectivity index (χ4v) is 2.86. The second kappa shape index (κ2) is 8.18. The first-order chi connectivity index (χ1) is 13.0. The Hall–Kier alpha value is -2.93. The highest BCUT2D eigenvalue weighted by Gasteiger charge is 2.15. The van der Waals surface area contributed by atoms with Crippen LogP contribution in [0.4, 0.5) is 0 Å². The van der Waals surface area contributed by atoms with Crippen LogP contribution in [0.25, 0.3) is 11.8 Å². The maximum atomic E-state index is 12.5. The Morgan fingerprint density at radius 3 is 2.44 bits per heavy atom. The monoisotopic (exact) mass is 427 g/mol. The Balaban J connectivity index is 1.83. The quantitative estimate of drug-likeness (QED) is 0.434. The molecule has 3 rings (SSSR count). The van der Waals surface area contributed by atoms with E-state index in [1.165, 1.54) is 6.08 Å². The minimum Gasteiger partial charge on any atom is -0.493 e. The average Bonchev–Trinajstić information content (AvgIpc) is 3.08. The van der Waals surface area contributed by atoms with E-state index in [-0.39, 0.29) is 5.78 Å². The van der Waals surface area contributed by atoms with Crippen molar-refractivity contribution in [2.75, 3.05) is 14.2 Å². The molecule has 0 atom stereocenters. The van der Waals surface area contributed by atoms with Gasteiger partial charge in [0.05, 0.1) is 25.6 Å². The van der Waals surface area contributed by atoms with E-state index in [0.29, 0.717) is 22.9 Å². The van der Waals surface area contributed by atoms with Crippen LogP contribution in [0.15, 0.2) is 53.0 Å². The Bertz CT molecular complexity index is 994. The molecule has 0 saturated carbocycles. The molecular weight excluding hydrogens is 410 g/mol. The minimum atomic E-state index is -0.217. The van der Waals surface area contributed by atoms with Crippen LogP contribution >= 0.6 is 15.9 Å². The largest absolute Gasteiger partial charge is 0.493 e. The van der Waals surface area contributed by atoms with E-state index < -0.39 is 0 Å². The Kier molecular flexibility index (Phi) is 5.71. The van der Waals surface area contributed by atoms with Gasteiger partial charge in [-0.2, -0.15) is 0 Å². The van der Waals surface area contributed by atoms with Crippen molar-refractivity contribution in [3.05, 3.63) is 70.0 Å². The van der Waals surface area contributed by atoms with Gasteiger partial charge in [0.15, 0.2) is 17.2 Å². The van der Waals surface area contributed by atoms with Gasteiger partial charge >= 0.3 is 0 Å². The Morgan fingerprint density at radius 1 is 1.07 bits per heavy atom. The first kappa shape index (κ1) is 18.8. The molecule has 0 aliphatic rings. The summed E-state index contributed by atoms with van der Waals surface area (Å²) in [7, 11) is 3.15. The lowest BCUT2D eigenvalue weighted by Crippen LogP contribution is -2.01. The van der Waals surface area contributed by atoms with E-state index >= 15 is 0 Å². The zero-order chi connectivity index (χ0) is 19.4. The number of nitrogens with zero attached hydrogens (tertiary/aromatic N) is 3. The summed E-state index contributed by atoms with van der Waals surface area (Å²) in [6, 6.07) is 13.1. The van der Waals surface area contributed by atoms with Gasteiger partial charge in [0, 0.05) is 4.47 Å². The molecule has 0 N–H and O–H groups in total. The molecule has 0 spiro atoms. The van der Waals surface area contributed by atoms with Gasteiger partial charge in [0.1, 0.15) is 0 Å². The highest BCUT2D eigenvalue weighted by Crippen LogP contribution is 2.28. The van der Waals surface area contributed by atoms with Crippen LogP contribution in [0.3, 0.4) is 0 Å². The molecule has 0 fully saturated rings. The lowest BCUT2D eigenvalue weighted by Gasteiger charge is -2.07. The van der Waals surface area contributed by atoms with Crippen molar-refractivity contribution in [3.63, 3.8) is 0 Å². The van der Waals surface area contributed by atoms with Gasteiger partial charge in [0.25, 0.3) is 0 Å². The van der Waals surface area contributed by atoms with Crippen LogP contribution in [0, 0.1) is 6.92 Å². The standard InChI is InChI=1S/C20H18BrN3O3/c1-13-20(22-23-24(13)16-8-6-15(21)7-9-16)17(25)10-4-14-5-11-18(26-2)19(12-14)27-3/h4-12H,1-3H3/b10-4+. The van der Waals surface area contributed by atoms with Crippen molar-refractivity contribution >= 4 is 27.8 Å². The number of halogens is 1. The van der Waals surface area contributed by atoms with Crippen molar-refractivity contribution in [3.8, 4) is 17.2 Å². The molecule has 0 amide bonds. The van der Waals surface area contributed by atoms with E-state index in [9.17, 15) is 4.79 Å². The summed E-state index contributed by atoms with van der Waals surface area (Å²) in [6.45, 7) is 1.82. The van der Waals surface area contributed by atoms with Crippen molar-refractivity contribution in [2.24, 2.45) is 0 Å². The lowest BCUT2D eigenvalue weighted by molar-refractivity contribution is 0.104.